The number of nitrogens with zero attached hydrogens (tertiary/aromatic N) is 1. The van der Waals surface area contributed by atoms with E-state index in [-0.39, 0.29) is 17.7 Å². The zero-order valence-corrected chi connectivity index (χ0v) is 17.2. The van der Waals surface area contributed by atoms with Crippen molar-refractivity contribution in [3.05, 3.63) is 63.3 Å². The van der Waals surface area contributed by atoms with Gasteiger partial charge in [0.1, 0.15) is 0 Å². The molecule has 1 unspecified atom stereocenters. The molecular weight excluding hydrogens is 401 g/mol. The molecule has 7 heteroatoms. The van der Waals surface area contributed by atoms with E-state index in [1.165, 1.54) is 7.11 Å². The monoisotopic (exact) mass is 419 g/mol. The summed E-state index contributed by atoms with van der Waals surface area (Å²) in [6.45, 7) is 3.97. The normalized spacial score (nSPS) is 16.0. The van der Waals surface area contributed by atoms with Gasteiger partial charge >= 0.3 is 5.97 Å². The van der Waals surface area contributed by atoms with Gasteiger partial charge in [0.15, 0.2) is 17.2 Å². The number of esters is 1. The van der Waals surface area contributed by atoms with Crippen LogP contribution in [0.15, 0.2) is 47.1 Å². The summed E-state index contributed by atoms with van der Waals surface area (Å²) >= 11 is 12.5. The van der Waals surface area contributed by atoms with Crippen LogP contribution >= 0.6 is 23.2 Å². The number of halogens is 2. The third-order valence-corrected chi connectivity index (χ3v) is 4.78. The highest BCUT2D eigenvalue weighted by Gasteiger charge is 2.26. The molecule has 0 aliphatic carbocycles. The topological polar surface area (TPSA) is 57.1 Å². The number of carbonyl (C=O) groups is 1. The number of benzene rings is 2. The van der Waals surface area contributed by atoms with Crippen LogP contribution in [0.3, 0.4) is 0 Å². The minimum Gasteiger partial charge on any atom is -0.493 e. The molecular formula is C21H19Cl2NO4. The third-order valence-electron chi connectivity index (χ3n) is 4.17. The molecule has 2 aromatic rings. The standard InChI is InChI=1S/C21H19Cl2NO4/c1-4-12(2)27-19-16(23)9-13(11-18(19)26-3)10-17-21(25)28-20(24-17)14-7-5-6-8-15(14)22/h5-12H,4H2,1-3H3/b17-10-. The van der Waals surface area contributed by atoms with Crippen molar-refractivity contribution in [1.82, 2.24) is 0 Å². The number of ether oxygens (including phenoxy) is 3. The Labute approximate surface area is 173 Å². The Balaban J connectivity index is 1.96. The van der Waals surface area contributed by atoms with E-state index in [1.54, 1.807) is 42.5 Å². The van der Waals surface area contributed by atoms with E-state index in [2.05, 4.69) is 4.99 Å². The number of rotatable bonds is 6. The second-order valence-electron chi connectivity index (χ2n) is 6.19. The van der Waals surface area contributed by atoms with Gasteiger partial charge < -0.3 is 14.2 Å². The van der Waals surface area contributed by atoms with Crippen LogP contribution in [0.5, 0.6) is 11.5 Å². The van der Waals surface area contributed by atoms with E-state index in [4.69, 9.17) is 37.4 Å². The SMILES string of the molecule is CCC(C)Oc1c(Cl)cc(/C=C2\N=C(c3ccccc3Cl)OC2=O)cc1OC. The Bertz CT molecular complexity index is 969. The lowest BCUT2D eigenvalue weighted by molar-refractivity contribution is -0.129. The van der Waals surface area contributed by atoms with E-state index in [1.807, 2.05) is 13.8 Å². The lowest BCUT2D eigenvalue weighted by Crippen LogP contribution is -2.11. The number of aliphatic imine (C=N–C) groups is 1. The van der Waals surface area contributed by atoms with Crippen molar-refractivity contribution in [1.29, 1.82) is 0 Å². The van der Waals surface area contributed by atoms with E-state index in [9.17, 15) is 4.79 Å². The third kappa shape index (κ3) is 4.32. The molecule has 146 valence electrons. The van der Waals surface area contributed by atoms with Crippen LogP contribution in [0, 0.1) is 0 Å². The molecule has 0 saturated heterocycles. The molecule has 0 aromatic heterocycles. The molecule has 3 rings (SSSR count). The van der Waals surface area contributed by atoms with Crippen molar-refractivity contribution >= 4 is 41.1 Å². The maximum absolute atomic E-state index is 12.2. The van der Waals surface area contributed by atoms with Crippen LogP contribution in [0.4, 0.5) is 0 Å². The molecule has 1 aliphatic rings. The largest absolute Gasteiger partial charge is 0.493 e. The molecule has 0 amide bonds. The Morgan fingerprint density at radius 3 is 2.64 bits per heavy atom. The average Bonchev–Trinajstić information content (AvgIpc) is 3.03. The van der Waals surface area contributed by atoms with Crippen LogP contribution in [0.1, 0.15) is 31.4 Å². The molecule has 0 radical (unpaired) electrons. The second-order valence-corrected chi connectivity index (χ2v) is 7.00. The number of cyclic esters (lactones) is 1. The smallest absolute Gasteiger partial charge is 0.363 e. The molecule has 1 atom stereocenters. The van der Waals surface area contributed by atoms with Crippen LogP contribution in [0.2, 0.25) is 10.0 Å². The predicted octanol–water partition coefficient (Wildman–Crippen LogP) is 5.52. The van der Waals surface area contributed by atoms with Crippen molar-refractivity contribution < 1.29 is 19.0 Å². The first-order valence-corrected chi connectivity index (χ1v) is 9.50. The van der Waals surface area contributed by atoms with Crippen molar-refractivity contribution in [3.63, 3.8) is 0 Å². The summed E-state index contributed by atoms with van der Waals surface area (Å²) in [6, 6.07) is 10.4. The Hall–Kier alpha value is -2.50. The summed E-state index contributed by atoms with van der Waals surface area (Å²) in [7, 11) is 1.53. The predicted molar refractivity (Wildman–Crippen MR) is 110 cm³/mol. The van der Waals surface area contributed by atoms with Crippen molar-refractivity contribution in [2.24, 2.45) is 4.99 Å². The van der Waals surface area contributed by atoms with Gasteiger partial charge in [-0.25, -0.2) is 9.79 Å². The minimum absolute atomic E-state index is 0.0109. The fraction of sp³-hybridized carbons (Fsp3) is 0.238. The summed E-state index contributed by atoms with van der Waals surface area (Å²) in [5, 5.41) is 0.833. The molecule has 0 fully saturated rings. The molecule has 1 aliphatic heterocycles. The molecule has 0 spiro atoms. The zero-order chi connectivity index (χ0) is 20.3. The molecule has 0 saturated carbocycles. The Morgan fingerprint density at radius 1 is 1.21 bits per heavy atom. The Kier molecular flexibility index (Phi) is 6.27. The fourth-order valence-electron chi connectivity index (χ4n) is 2.54. The second kappa shape index (κ2) is 8.67. The summed E-state index contributed by atoms with van der Waals surface area (Å²) in [6.07, 6.45) is 2.40. The number of hydrogen-bond acceptors (Lipinski definition) is 5. The van der Waals surface area contributed by atoms with Gasteiger partial charge in [0, 0.05) is 0 Å². The van der Waals surface area contributed by atoms with E-state index < -0.39 is 5.97 Å². The maximum Gasteiger partial charge on any atom is 0.363 e. The number of hydrogen-bond donors (Lipinski definition) is 0. The van der Waals surface area contributed by atoms with E-state index in [0.29, 0.717) is 32.7 Å². The van der Waals surface area contributed by atoms with Gasteiger partial charge in [0.25, 0.3) is 0 Å². The fourth-order valence-corrected chi connectivity index (χ4v) is 3.02. The number of carbonyl (C=O) groups excluding carboxylic acids is 1. The highest BCUT2D eigenvalue weighted by atomic mass is 35.5. The zero-order valence-electron chi connectivity index (χ0n) is 15.7. The molecule has 5 nitrogen and oxygen atoms in total. The van der Waals surface area contributed by atoms with E-state index >= 15 is 0 Å². The lowest BCUT2D eigenvalue weighted by Gasteiger charge is -2.17. The van der Waals surface area contributed by atoms with E-state index in [0.717, 1.165) is 6.42 Å². The molecule has 0 bridgehead atoms. The van der Waals surface area contributed by atoms with Crippen LogP contribution in [-0.2, 0) is 9.53 Å². The van der Waals surface area contributed by atoms with Crippen molar-refractivity contribution in [2.45, 2.75) is 26.4 Å². The first-order chi connectivity index (χ1) is 13.4. The van der Waals surface area contributed by atoms with Gasteiger partial charge in [-0.2, -0.15) is 0 Å². The van der Waals surface area contributed by atoms with Gasteiger partial charge in [-0.15, -0.1) is 0 Å². The van der Waals surface area contributed by atoms with Crippen LogP contribution in [-0.4, -0.2) is 25.1 Å². The summed E-state index contributed by atoms with van der Waals surface area (Å²) < 4.78 is 16.5. The molecule has 2 aromatic carbocycles. The molecule has 1 heterocycles. The van der Waals surface area contributed by atoms with Gasteiger partial charge in [-0.3, -0.25) is 0 Å². The first-order valence-electron chi connectivity index (χ1n) is 8.74. The van der Waals surface area contributed by atoms with Gasteiger partial charge in [-0.05, 0) is 49.2 Å². The average molecular weight is 420 g/mol. The summed E-state index contributed by atoms with van der Waals surface area (Å²) in [4.78, 5) is 16.5. The number of methoxy groups -OCH3 is 1. The first kappa shape index (κ1) is 20.2. The summed E-state index contributed by atoms with van der Waals surface area (Å²) in [5.74, 6) is 0.540. The quantitative estimate of drug-likeness (QED) is 0.456. The highest BCUT2D eigenvalue weighted by Crippen LogP contribution is 2.38. The van der Waals surface area contributed by atoms with Gasteiger partial charge in [-0.1, -0.05) is 42.3 Å². The lowest BCUT2D eigenvalue weighted by atomic mass is 10.1. The maximum atomic E-state index is 12.2. The summed E-state index contributed by atoms with van der Waals surface area (Å²) in [5.41, 5.74) is 1.33. The Morgan fingerprint density at radius 2 is 1.96 bits per heavy atom. The molecule has 28 heavy (non-hydrogen) atoms. The van der Waals surface area contributed by atoms with Crippen LogP contribution in [0.25, 0.3) is 6.08 Å². The highest BCUT2D eigenvalue weighted by molar-refractivity contribution is 6.34. The minimum atomic E-state index is -0.565. The van der Waals surface area contributed by atoms with Gasteiger partial charge in [0.2, 0.25) is 5.90 Å². The van der Waals surface area contributed by atoms with Gasteiger partial charge in [0.05, 0.1) is 28.8 Å². The molecule has 0 N–H and O–H groups in total. The van der Waals surface area contributed by atoms with Crippen molar-refractivity contribution in [2.75, 3.05) is 7.11 Å². The van der Waals surface area contributed by atoms with Crippen LogP contribution < -0.4 is 9.47 Å². The van der Waals surface area contributed by atoms with Crippen molar-refractivity contribution in [3.8, 4) is 11.5 Å².